The third-order valence-corrected chi connectivity index (χ3v) is 9.13. The summed E-state index contributed by atoms with van der Waals surface area (Å²) in [5.41, 5.74) is 12.5. The Morgan fingerprint density at radius 1 is 0.619 bits per heavy atom. The summed E-state index contributed by atoms with van der Waals surface area (Å²) in [6.45, 7) is 8.87. The van der Waals surface area contributed by atoms with Gasteiger partial charge in [-0.15, -0.1) is 0 Å². The van der Waals surface area contributed by atoms with E-state index < -0.39 is 0 Å². The zero-order chi connectivity index (χ0) is 28.3. The van der Waals surface area contributed by atoms with Gasteiger partial charge < -0.3 is 8.98 Å². The summed E-state index contributed by atoms with van der Waals surface area (Å²) in [7, 11) is 0. The van der Waals surface area contributed by atoms with Crippen molar-refractivity contribution < 1.29 is 4.42 Å². The number of hydrogen-bond acceptors (Lipinski definition) is 3. The molecular formula is C37H28N4O. The molecule has 0 atom stereocenters. The summed E-state index contributed by atoms with van der Waals surface area (Å²) in [6, 6.07) is 34.1. The molecule has 5 aromatic carbocycles. The van der Waals surface area contributed by atoms with E-state index in [1.165, 1.54) is 22.3 Å². The van der Waals surface area contributed by atoms with E-state index in [4.69, 9.17) is 14.4 Å². The molecule has 3 aromatic heterocycles. The summed E-state index contributed by atoms with van der Waals surface area (Å²) in [5.74, 6) is 1.87. The molecule has 5 nitrogen and oxygen atoms in total. The van der Waals surface area contributed by atoms with E-state index in [0.717, 1.165) is 66.9 Å². The number of para-hydroxylation sites is 4. The number of benzene rings is 5. The number of hydrogen-bond donors (Lipinski definition) is 0. The van der Waals surface area contributed by atoms with Crippen LogP contribution in [-0.2, 0) is 5.54 Å². The Kier molecular flexibility index (Phi) is 4.47. The molecule has 9 rings (SSSR count). The standard InChI is InChI=1S/C37H28N4O/c1-21-11-9-12-22(2)31(21)40-30-18-8-7-17-28(30)38-35(40)26-15-10-14-23-24-19-20-29-32(34(24)42-33(23)26)41-36(39-29)25-13-5-6-16-27(25)37(41,3)4/h5-20H,1-4H3. The quantitative estimate of drug-likeness (QED) is 0.218. The van der Waals surface area contributed by atoms with Gasteiger partial charge in [0, 0.05) is 16.3 Å². The molecule has 0 amide bonds. The minimum absolute atomic E-state index is 0.257. The van der Waals surface area contributed by atoms with Crippen LogP contribution in [0.2, 0.25) is 0 Å². The second-order valence-corrected chi connectivity index (χ2v) is 12.0. The highest BCUT2D eigenvalue weighted by Gasteiger charge is 2.38. The zero-order valence-electron chi connectivity index (χ0n) is 23.9. The van der Waals surface area contributed by atoms with Gasteiger partial charge in [-0.2, -0.15) is 0 Å². The van der Waals surface area contributed by atoms with Crippen molar-refractivity contribution in [2.75, 3.05) is 0 Å². The number of rotatable bonds is 2. The van der Waals surface area contributed by atoms with Crippen LogP contribution >= 0.6 is 0 Å². The van der Waals surface area contributed by atoms with Crippen LogP contribution in [0.3, 0.4) is 0 Å². The monoisotopic (exact) mass is 544 g/mol. The molecule has 0 spiro atoms. The first-order valence-electron chi connectivity index (χ1n) is 14.4. The van der Waals surface area contributed by atoms with Crippen LogP contribution in [0.25, 0.3) is 72.5 Å². The lowest BCUT2D eigenvalue weighted by Crippen LogP contribution is -2.23. The SMILES string of the molecule is Cc1cccc(C)c1-n1c(-c2cccc3c2oc2c3ccc3nc4n(c32)C(C)(C)c2ccccc2-4)nc2ccccc21. The fraction of sp³-hybridized carbons (Fsp3) is 0.135. The lowest BCUT2D eigenvalue weighted by molar-refractivity contribution is 0.473. The van der Waals surface area contributed by atoms with Crippen LogP contribution in [0, 0.1) is 13.8 Å². The van der Waals surface area contributed by atoms with Crippen molar-refractivity contribution in [3.8, 4) is 28.5 Å². The number of aromatic nitrogens is 4. The van der Waals surface area contributed by atoms with Gasteiger partial charge >= 0.3 is 0 Å². The van der Waals surface area contributed by atoms with Gasteiger partial charge in [-0.1, -0.05) is 66.7 Å². The normalized spacial score (nSPS) is 13.9. The molecule has 0 saturated heterocycles. The Hall–Kier alpha value is -5.16. The van der Waals surface area contributed by atoms with Crippen molar-refractivity contribution in [2.45, 2.75) is 33.2 Å². The Labute approximate surface area is 242 Å². The molecule has 0 saturated carbocycles. The minimum Gasteiger partial charge on any atom is -0.453 e. The molecule has 1 aliphatic rings. The van der Waals surface area contributed by atoms with E-state index in [9.17, 15) is 0 Å². The first-order valence-corrected chi connectivity index (χ1v) is 14.4. The maximum absolute atomic E-state index is 6.96. The summed E-state index contributed by atoms with van der Waals surface area (Å²) in [4.78, 5) is 10.3. The third-order valence-electron chi connectivity index (χ3n) is 9.13. The van der Waals surface area contributed by atoms with Crippen LogP contribution in [-0.4, -0.2) is 19.1 Å². The van der Waals surface area contributed by atoms with Crippen LogP contribution in [0.1, 0.15) is 30.5 Å². The van der Waals surface area contributed by atoms with Crippen LogP contribution in [0.15, 0.2) is 101 Å². The molecule has 4 heterocycles. The third kappa shape index (κ3) is 2.87. The number of aryl methyl sites for hydroxylation is 2. The second-order valence-electron chi connectivity index (χ2n) is 12.0. The summed E-state index contributed by atoms with van der Waals surface area (Å²) in [5, 5.41) is 2.16. The van der Waals surface area contributed by atoms with Gasteiger partial charge in [0.25, 0.3) is 0 Å². The van der Waals surface area contributed by atoms with Gasteiger partial charge in [0.05, 0.1) is 33.3 Å². The van der Waals surface area contributed by atoms with Crippen LogP contribution in [0.4, 0.5) is 0 Å². The first-order chi connectivity index (χ1) is 20.4. The molecule has 42 heavy (non-hydrogen) atoms. The molecule has 1 aliphatic heterocycles. The number of furan rings is 1. The van der Waals surface area contributed by atoms with Crippen LogP contribution in [0.5, 0.6) is 0 Å². The summed E-state index contributed by atoms with van der Waals surface area (Å²) >= 11 is 0. The predicted octanol–water partition coefficient (Wildman–Crippen LogP) is 9.32. The van der Waals surface area contributed by atoms with E-state index in [1.807, 2.05) is 6.07 Å². The Morgan fingerprint density at radius 2 is 1.31 bits per heavy atom. The average Bonchev–Trinajstić information content (AvgIpc) is 3.72. The molecule has 0 bridgehead atoms. The average molecular weight is 545 g/mol. The molecule has 5 heteroatoms. The Balaban J connectivity index is 1.39. The van der Waals surface area contributed by atoms with Crippen molar-refractivity contribution in [1.29, 1.82) is 0 Å². The van der Waals surface area contributed by atoms with E-state index in [0.29, 0.717) is 0 Å². The van der Waals surface area contributed by atoms with Crippen molar-refractivity contribution in [1.82, 2.24) is 19.1 Å². The number of imidazole rings is 2. The molecular weight excluding hydrogens is 516 g/mol. The highest BCUT2D eigenvalue weighted by molar-refractivity contribution is 6.16. The fourth-order valence-corrected chi connectivity index (χ4v) is 7.24. The van der Waals surface area contributed by atoms with Crippen molar-refractivity contribution in [3.63, 3.8) is 0 Å². The second kappa shape index (κ2) is 7.98. The highest BCUT2D eigenvalue weighted by Crippen LogP contribution is 2.48. The van der Waals surface area contributed by atoms with E-state index >= 15 is 0 Å². The molecule has 0 radical (unpaired) electrons. The molecule has 0 fully saturated rings. The zero-order valence-corrected chi connectivity index (χ0v) is 23.9. The maximum atomic E-state index is 6.96. The number of nitrogens with zero attached hydrogens (tertiary/aromatic N) is 4. The Morgan fingerprint density at radius 3 is 2.17 bits per heavy atom. The van der Waals surface area contributed by atoms with Gasteiger partial charge in [0.2, 0.25) is 0 Å². The van der Waals surface area contributed by atoms with Gasteiger partial charge in [0.15, 0.2) is 5.58 Å². The molecule has 0 unspecified atom stereocenters. The van der Waals surface area contributed by atoms with Gasteiger partial charge in [0.1, 0.15) is 22.7 Å². The predicted molar refractivity (Wildman–Crippen MR) is 170 cm³/mol. The van der Waals surface area contributed by atoms with Gasteiger partial charge in [-0.3, -0.25) is 4.57 Å². The van der Waals surface area contributed by atoms with Gasteiger partial charge in [-0.05, 0) is 74.7 Å². The molecule has 8 aromatic rings. The minimum atomic E-state index is -0.257. The summed E-state index contributed by atoms with van der Waals surface area (Å²) in [6.07, 6.45) is 0. The van der Waals surface area contributed by atoms with E-state index in [1.54, 1.807) is 0 Å². The molecule has 0 N–H and O–H groups in total. The molecule has 0 aliphatic carbocycles. The summed E-state index contributed by atoms with van der Waals surface area (Å²) < 4.78 is 11.6. The lowest BCUT2D eigenvalue weighted by atomic mass is 9.93. The smallest absolute Gasteiger partial charge is 0.161 e. The highest BCUT2D eigenvalue weighted by atomic mass is 16.3. The maximum Gasteiger partial charge on any atom is 0.161 e. The van der Waals surface area contributed by atoms with E-state index in [-0.39, 0.29) is 5.54 Å². The number of fused-ring (bicyclic) bond motifs is 10. The van der Waals surface area contributed by atoms with Gasteiger partial charge in [-0.25, -0.2) is 9.97 Å². The first kappa shape index (κ1) is 23.5. The van der Waals surface area contributed by atoms with Crippen molar-refractivity contribution in [2.24, 2.45) is 0 Å². The van der Waals surface area contributed by atoms with Crippen molar-refractivity contribution in [3.05, 3.63) is 114 Å². The van der Waals surface area contributed by atoms with E-state index in [2.05, 4.69) is 128 Å². The lowest BCUT2D eigenvalue weighted by Gasteiger charge is -2.23. The largest absolute Gasteiger partial charge is 0.453 e. The Bertz CT molecular complexity index is 2400. The van der Waals surface area contributed by atoms with Crippen molar-refractivity contribution >= 4 is 44.0 Å². The topological polar surface area (TPSA) is 48.8 Å². The van der Waals surface area contributed by atoms with Crippen LogP contribution < -0.4 is 0 Å². The fourth-order valence-electron chi connectivity index (χ4n) is 7.24. The molecule has 202 valence electrons.